The van der Waals surface area contributed by atoms with Crippen LogP contribution in [0.25, 0.3) is 0 Å². The number of rotatable bonds is 3. The first kappa shape index (κ1) is 13.7. The summed E-state index contributed by atoms with van der Waals surface area (Å²) in [6, 6.07) is -1.08. The van der Waals surface area contributed by atoms with E-state index in [1.165, 1.54) is 16.7 Å². The van der Waals surface area contributed by atoms with Gasteiger partial charge in [0.05, 0.1) is 12.1 Å². The van der Waals surface area contributed by atoms with Crippen LogP contribution in [0, 0.1) is 6.92 Å². The molecule has 2 rings (SSSR count). The first-order valence-corrected chi connectivity index (χ1v) is 6.98. The zero-order valence-corrected chi connectivity index (χ0v) is 11.6. The summed E-state index contributed by atoms with van der Waals surface area (Å²) in [5.41, 5.74) is 1.90. The molecule has 0 radical (unpaired) electrons. The van der Waals surface area contributed by atoms with E-state index >= 15 is 0 Å². The van der Waals surface area contributed by atoms with Crippen molar-refractivity contribution in [2.45, 2.75) is 19.5 Å². The van der Waals surface area contributed by atoms with Crippen molar-refractivity contribution in [2.24, 2.45) is 7.05 Å². The van der Waals surface area contributed by atoms with Gasteiger partial charge in [-0.3, -0.25) is 4.68 Å². The minimum atomic E-state index is -0.960. The molecular formula is C11H16N4O3S. The third-order valence-electron chi connectivity index (χ3n) is 3.20. The van der Waals surface area contributed by atoms with Gasteiger partial charge < -0.3 is 15.3 Å². The average Bonchev–Trinajstić information content (AvgIpc) is 2.96. The van der Waals surface area contributed by atoms with Crippen LogP contribution in [0.2, 0.25) is 0 Å². The van der Waals surface area contributed by atoms with E-state index < -0.39 is 12.0 Å². The van der Waals surface area contributed by atoms with Gasteiger partial charge in [0.25, 0.3) is 0 Å². The Bertz CT molecular complexity index is 502. The number of aromatic nitrogens is 2. The van der Waals surface area contributed by atoms with Crippen molar-refractivity contribution in [3.63, 3.8) is 0 Å². The highest BCUT2D eigenvalue weighted by molar-refractivity contribution is 7.99. The van der Waals surface area contributed by atoms with Crippen LogP contribution in [0.4, 0.5) is 4.79 Å². The van der Waals surface area contributed by atoms with Crippen LogP contribution in [0.5, 0.6) is 0 Å². The van der Waals surface area contributed by atoms with Crippen LogP contribution in [-0.2, 0) is 18.4 Å². The molecule has 1 saturated heterocycles. The van der Waals surface area contributed by atoms with E-state index in [1.807, 2.05) is 14.0 Å². The van der Waals surface area contributed by atoms with Crippen LogP contribution in [-0.4, -0.2) is 49.5 Å². The highest BCUT2D eigenvalue weighted by Crippen LogP contribution is 2.21. The van der Waals surface area contributed by atoms with E-state index in [1.54, 1.807) is 10.9 Å². The lowest BCUT2D eigenvalue weighted by molar-refractivity contribution is -0.140. The number of hydrogen-bond donors (Lipinski definition) is 2. The van der Waals surface area contributed by atoms with Crippen molar-refractivity contribution in [1.29, 1.82) is 0 Å². The molecule has 104 valence electrons. The Labute approximate surface area is 115 Å². The fourth-order valence-electron chi connectivity index (χ4n) is 1.84. The van der Waals surface area contributed by atoms with Gasteiger partial charge in [0.15, 0.2) is 0 Å². The first-order chi connectivity index (χ1) is 9.00. The second-order valence-corrected chi connectivity index (χ2v) is 5.36. The zero-order chi connectivity index (χ0) is 14.0. The molecule has 1 unspecified atom stereocenters. The van der Waals surface area contributed by atoms with Gasteiger partial charge in [-0.1, -0.05) is 0 Å². The average molecular weight is 284 g/mol. The van der Waals surface area contributed by atoms with Crippen molar-refractivity contribution in [3.8, 4) is 0 Å². The lowest BCUT2D eigenvalue weighted by atomic mass is 10.2. The number of nitrogens with one attached hydrogen (secondary N) is 1. The second-order valence-electron chi connectivity index (χ2n) is 4.36. The third-order valence-corrected chi connectivity index (χ3v) is 4.21. The Morgan fingerprint density at radius 2 is 2.37 bits per heavy atom. The fraction of sp³-hybridized carbons (Fsp3) is 0.545. The molecule has 2 heterocycles. The van der Waals surface area contributed by atoms with Crippen LogP contribution < -0.4 is 5.32 Å². The number of hydrogen-bond acceptors (Lipinski definition) is 4. The molecule has 0 aromatic carbocycles. The number of nitrogens with zero attached hydrogens (tertiary/aromatic N) is 3. The van der Waals surface area contributed by atoms with Crippen molar-refractivity contribution in [1.82, 2.24) is 20.0 Å². The maximum Gasteiger partial charge on any atom is 0.327 e. The number of thioether (sulfide) groups is 1. The Kier molecular flexibility index (Phi) is 3.98. The molecular weight excluding hydrogens is 268 g/mol. The zero-order valence-electron chi connectivity index (χ0n) is 10.8. The Morgan fingerprint density at radius 3 is 2.95 bits per heavy atom. The molecule has 8 heteroatoms. The van der Waals surface area contributed by atoms with E-state index in [9.17, 15) is 9.59 Å². The number of carbonyl (C=O) groups excluding carboxylic acids is 1. The molecule has 0 bridgehead atoms. The number of aliphatic carboxylic acids is 1. The van der Waals surface area contributed by atoms with E-state index in [0.29, 0.717) is 18.2 Å². The number of carboxylic acids is 1. The summed E-state index contributed by atoms with van der Waals surface area (Å²) >= 11 is 1.44. The number of urea groups is 1. The SMILES string of the molecule is Cc1c(CNC(=O)N2CSCC2C(=O)O)cnn1C. The lowest BCUT2D eigenvalue weighted by Crippen LogP contribution is -2.46. The largest absolute Gasteiger partial charge is 0.480 e. The number of amides is 2. The van der Waals surface area contributed by atoms with Crippen LogP contribution in [0.15, 0.2) is 6.20 Å². The van der Waals surface area contributed by atoms with E-state index in [0.717, 1.165) is 11.3 Å². The highest BCUT2D eigenvalue weighted by Gasteiger charge is 2.34. The molecule has 0 spiro atoms. The topological polar surface area (TPSA) is 87.5 Å². The maximum atomic E-state index is 12.0. The van der Waals surface area contributed by atoms with Gasteiger partial charge in [-0.2, -0.15) is 5.10 Å². The van der Waals surface area contributed by atoms with E-state index in [-0.39, 0.29) is 6.03 Å². The number of aryl methyl sites for hydroxylation is 1. The molecule has 19 heavy (non-hydrogen) atoms. The van der Waals surface area contributed by atoms with Crippen molar-refractivity contribution < 1.29 is 14.7 Å². The summed E-state index contributed by atoms with van der Waals surface area (Å²) in [6.45, 7) is 2.27. The maximum absolute atomic E-state index is 12.0. The summed E-state index contributed by atoms with van der Waals surface area (Å²) in [6.07, 6.45) is 1.70. The predicted octanol–water partition coefficient (Wildman–Crippen LogP) is 0.398. The van der Waals surface area contributed by atoms with Crippen LogP contribution >= 0.6 is 11.8 Å². The lowest BCUT2D eigenvalue weighted by Gasteiger charge is -2.20. The molecule has 7 nitrogen and oxygen atoms in total. The van der Waals surface area contributed by atoms with Crippen LogP contribution in [0.1, 0.15) is 11.3 Å². The summed E-state index contributed by atoms with van der Waals surface area (Å²) in [5, 5.41) is 15.8. The molecule has 1 aromatic heterocycles. The molecule has 1 aliphatic rings. The van der Waals surface area contributed by atoms with Gasteiger partial charge in [0.1, 0.15) is 6.04 Å². The Morgan fingerprint density at radius 1 is 1.63 bits per heavy atom. The minimum Gasteiger partial charge on any atom is -0.480 e. The van der Waals surface area contributed by atoms with Gasteiger partial charge >= 0.3 is 12.0 Å². The standard InChI is InChI=1S/C11H16N4O3S/c1-7-8(4-13-14(7)2)3-12-11(18)15-6-19-5-9(15)10(16)17/h4,9H,3,5-6H2,1-2H3,(H,12,18)(H,16,17). The minimum absolute atomic E-state index is 0.347. The second kappa shape index (κ2) is 5.52. The molecule has 2 amide bonds. The molecule has 1 fully saturated rings. The number of carboxylic acid groups (broad SMARTS) is 1. The van der Waals surface area contributed by atoms with E-state index in [4.69, 9.17) is 5.11 Å². The smallest absolute Gasteiger partial charge is 0.327 e. The van der Waals surface area contributed by atoms with Crippen molar-refractivity contribution in [2.75, 3.05) is 11.6 Å². The molecule has 0 saturated carbocycles. The monoisotopic (exact) mass is 284 g/mol. The van der Waals surface area contributed by atoms with Gasteiger partial charge in [0.2, 0.25) is 0 Å². The molecule has 1 aliphatic heterocycles. The quantitative estimate of drug-likeness (QED) is 0.839. The van der Waals surface area contributed by atoms with Gasteiger partial charge in [-0.25, -0.2) is 9.59 Å². The van der Waals surface area contributed by atoms with E-state index in [2.05, 4.69) is 10.4 Å². The van der Waals surface area contributed by atoms with Gasteiger partial charge in [-0.15, -0.1) is 11.8 Å². The number of carbonyl (C=O) groups is 2. The van der Waals surface area contributed by atoms with Crippen molar-refractivity contribution >= 4 is 23.8 Å². The fourth-order valence-corrected chi connectivity index (χ4v) is 2.98. The molecule has 0 aliphatic carbocycles. The molecule has 2 N–H and O–H groups in total. The first-order valence-electron chi connectivity index (χ1n) is 5.83. The Balaban J connectivity index is 1.94. The highest BCUT2D eigenvalue weighted by atomic mass is 32.2. The third kappa shape index (κ3) is 2.83. The summed E-state index contributed by atoms with van der Waals surface area (Å²) in [5.74, 6) is -0.110. The van der Waals surface area contributed by atoms with Gasteiger partial charge in [-0.05, 0) is 6.92 Å². The Hall–Kier alpha value is -1.70. The normalized spacial score (nSPS) is 18.6. The van der Waals surface area contributed by atoms with Crippen LogP contribution in [0.3, 0.4) is 0 Å². The summed E-state index contributed by atoms with van der Waals surface area (Å²) in [4.78, 5) is 24.3. The predicted molar refractivity (Wildman–Crippen MR) is 70.8 cm³/mol. The van der Waals surface area contributed by atoms with Gasteiger partial charge in [0, 0.05) is 30.6 Å². The summed E-state index contributed by atoms with van der Waals surface area (Å²) in [7, 11) is 1.83. The summed E-state index contributed by atoms with van der Waals surface area (Å²) < 4.78 is 1.73. The molecule has 1 aromatic rings. The van der Waals surface area contributed by atoms with Crippen molar-refractivity contribution in [3.05, 3.63) is 17.5 Å². The molecule has 1 atom stereocenters.